The van der Waals surface area contributed by atoms with Crippen molar-refractivity contribution >= 4 is 21.7 Å². The molecule has 110 valence electrons. The summed E-state index contributed by atoms with van der Waals surface area (Å²) in [5.74, 6) is 1.17. The van der Waals surface area contributed by atoms with Gasteiger partial charge in [0.15, 0.2) is 12.4 Å². The Kier molecular flexibility index (Phi) is 5.18. The van der Waals surface area contributed by atoms with Crippen LogP contribution in [0.1, 0.15) is 41.3 Å². The van der Waals surface area contributed by atoms with Crippen LogP contribution in [-0.2, 0) is 0 Å². The number of hydrogen-bond acceptors (Lipinski definition) is 2. The van der Waals surface area contributed by atoms with Gasteiger partial charge in [0, 0.05) is 10.0 Å². The molecule has 21 heavy (non-hydrogen) atoms. The van der Waals surface area contributed by atoms with E-state index < -0.39 is 0 Å². The number of aryl methyl sites for hydroxylation is 1. The molecule has 0 aliphatic heterocycles. The van der Waals surface area contributed by atoms with E-state index in [1.54, 1.807) is 0 Å². The minimum absolute atomic E-state index is 0.00845. The number of hydrogen-bond donors (Lipinski definition) is 0. The summed E-state index contributed by atoms with van der Waals surface area (Å²) in [6, 6.07) is 13.4. The molecule has 2 nitrogen and oxygen atoms in total. The molecule has 0 saturated heterocycles. The van der Waals surface area contributed by atoms with Gasteiger partial charge in [-0.2, -0.15) is 0 Å². The lowest BCUT2D eigenvalue weighted by atomic mass is 10.0. The van der Waals surface area contributed by atoms with Crippen LogP contribution in [0.3, 0.4) is 0 Å². The quantitative estimate of drug-likeness (QED) is 0.700. The Balaban J connectivity index is 1.99. The minimum Gasteiger partial charge on any atom is -0.485 e. The molecule has 0 atom stereocenters. The molecule has 0 fully saturated rings. The van der Waals surface area contributed by atoms with Crippen LogP contribution < -0.4 is 4.74 Å². The summed E-state index contributed by atoms with van der Waals surface area (Å²) in [5, 5.41) is 0. The van der Waals surface area contributed by atoms with Gasteiger partial charge < -0.3 is 4.74 Å². The van der Waals surface area contributed by atoms with Gasteiger partial charge in [-0.25, -0.2) is 0 Å². The molecule has 0 saturated carbocycles. The van der Waals surface area contributed by atoms with Gasteiger partial charge >= 0.3 is 0 Å². The molecular weight excluding hydrogens is 328 g/mol. The first-order chi connectivity index (χ1) is 9.97. The molecule has 0 unspecified atom stereocenters. The zero-order valence-corrected chi connectivity index (χ0v) is 14.1. The van der Waals surface area contributed by atoms with Gasteiger partial charge in [-0.05, 0) is 42.2 Å². The fourth-order valence-corrected chi connectivity index (χ4v) is 2.24. The normalized spacial score (nSPS) is 10.7. The fourth-order valence-electron chi connectivity index (χ4n) is 1.99. The molecule has 0 N–H and O–H groups in total. The molecule has 0 aliphatic rings. The van der Waals surface area contributed by atoms with Gasteiger partial charge in [-0.3, -0.25) is 4.79 Å². The Morgan fingerprint density at radius 3 is 2.38 bits per heavy atom. The van der Waals surface area contributed by atoms with Crippen molar-refractivity contribution < 1.29 is 9.53 Å². The van der Waals surface area contributed by atoms with Crippen molar-refractivity contribution in [3.05, 3.63) is 63.6 Å². The Morgan fingerprint density at radius 1 is 1.14 bits per heavy atom. The SMILES string of the molecule is Cc1cc(OCC(=O)c2ccc(C(C)C)cc2)ccc1Br. The Bertz CT molecular complexity index is 630. The van der Waals surface area contributed by atoms with Crippen molar-refractivity contribution in [3.63, 3.8) is 0 Å². The van der Waals surface area contributed by atoms with E-state index in [0.717, 1.165) is 10.0 Å². The van der Waals surface area contributed by atoms with Crippen LogP contribution in [0, 0.1) is 6.92 Å². The number of benzene rings is 2. The largest absolute Gasteiger partial charge is 0.485 e. The number of ether oxygens (including phenoxy) is 1. The van der Waals surface area contributed by atoms with Crippen LogP contribution in [-0.4, -0.2) is 12.4 Å². The lowest BCUT2D eigenvalue weighted by Gasteiger charge is -2.09. The summed E-state index contributed by atoms with van der Waals surface area (Å²) in [7, 11) is 0. The molecule has 0 spiro atoms. The summed E-state index contributed by atoms with van der Waals surface area (Å²) in [4.78, 5) is 12.1. The third kappa shape index (κ3) is 4.18. The number of rotatable bonds is 5. The Labute approximate surface area is 134 Å². The number of carbonyl (C=O) groups excluding carboxylic acids is 1. The second-order valence-corrected chi connectivity index (χ2v) is 6.25. The van der Waals surface area contributed by atoms with E-state index in [4.69, 9.17) is 4.74 Å². The molecule has 0 radical (unpaired) electrons. The third-order valence-corrected chi connectivity index (χ3v) is 4.29. The molecule has 2 rings (SSSR count). The van der Waals surface area contributed by atoms with Crippen molar-refractivity contribution in [2.24, 2.45) is 0 Å². The first kappa shape index (κ1) is 15.8. The van der Waals surface area contributed by atoms with Crippen LogP contribution in [0.4, 0.5) is 0 Å². The maximum absolute atomic E-state index is 12.1. The van der Waals surface area contributed by atoms with Crippen molar-refractivity contribution in [2.75, 3.05) is 6.61 Å². The number of Topliss-reactive ketones (excluding diaryl/α,β-unsaturated/α-hetero) is 1. The van der Waals surface area contributed by atoms with Gasteiger partial charge in [-0.15, -0.1) is 0 Å². The van der Waals surface area contributed by atoms with E-state index in [-0.39, 0.29) is 12.4 Å². The Hall–Kier alpha value is -1.61. The highest BCUT2D eigenvalue weighted by atomic mass is 79.9. The maximum atomic E-state index is 12.1. The fraction of sp³-hybridized carbons (Fsp3) is 0.278. The van der Waals surface area contributed by atoms with Gasteiger partial charge in [0.25, 0.3) is 0 Å². The number of ketones is 1. The van der Waals surface area contributed by atoms with Gasteiger partial charge in [-0.1, -0.05) is 54.0 Å². The van der Waals surface area contributed by atoms with E-state index in [1.807, 2.05) is 49.4 Å². The highest BCUT2D eigenvalue weighted by molar-refractivity contribution is 9.10. The zero-order chi connectivity index (χ0) is 15.4. The minimum atomic E-state index is -0.00845. The van der Waals surface area contributed by atoms with E-state index in [9.17, 15) is 4.79 Å². The van der Waals surface area contributed by atoms with Crippen LogP contribution in [0.5, 0.6) is 5.75 Å². The lowest BCUT2D eigenvalue weighted by molar-refractivity contribution is 0.0921. The van der Waals surface area contributed by atoms with Crippen LogP contribution in [0.15, 0.2) is 46.9 Å². The van der Waals surface area contributed by atoms with Gasteiger partial charge in [0.2, 0.25) is 0 Å². The third-order valence-electron chi connectivity index (χ3n) is 3.40. The predicted octanol–water partition coefficient (Wildman–Crippen LogP) is 5.14. The first-order valence-electron chi connectivity index (χ1n) is 6.99. The Morgan fingerprint density at radius 2 is 1.81 bits per heavy atom. The summed E-state index contributed by atoms with van der Waals surface area (Å²) in [6.45, 7) is 6.32. The molecule has 0 heterocycles. The molecule has 0 aliphatic carbocycles. The van der Waals surface area contributed by atoms with Crippen molar-refractivity contribution in [1.82, 2.24) is 0 Å². The molecule has 3 heteroatoms. The summed E-state index contributed by atoms with van der Waals surface area (Å²) >= 11 is 3.44. The second-order valence-electron chi connectivity index (χ2n) is 5.40. The lowest BCUT2D eigenvalue weighted by Crippen LogP contribution is -2.11. The summed E-state index contributed by atoms with van der Waals surface area (Å²) in [6.07, 6.45) is 0. The topological polar surface area (TPSA) is 26.3 Å². The monoisotopic (exact) mass is 346 g/mol. The van der Waals surface area contributed by atoms with Crippen molar-refractivity contribution in [1.29, 1.82) is 0 Å². The standard InChI is InChI=1S/C18H19BrO2/c1-12(2)14-4-6-15(7-5-14)18(20)11-21-16-8-9-17(19)13(3)10-16/h4-10,12H,11H2,1-3H3. The van der Waals surface area contributed by atoms with Gasteiger partial charge in [0.05, 0.1) is 0 Å². The average Bonchev–Trinajstić information content (AvgIpc) is 2.48. The highest BCUT2D eigenvalue weighted by Crippen LogP contribution is 2.22. The average molecular weight is 347 g/mol. The maximum Gasteiger partial charge on any atom is 0.200 e. The van der Waals surface area contributed by atoms with Crippen molar-refractivity contribution in [2.45, 2.75) is 26.7 Å². The molecule has 0 bridgehead atoms. The summed E-state index contributed by atoms with van der Waals surface area (Å²) < 4.78 is 6.60. The van der Waals surface area contributed by atoms with E-state index >= 15 is 0 Å². The molecule has 2 aromatic rings. The highest BCUT2D eigenvalue weighted by Gasteiger charge is 2.08. The van der Waals surface area contributed by atoms with Crippen molar-refractivity contribution in [3.8, 4) is 5.75 Å². The second kappa shape index (κ2) is 6.90. The smallest absolute Gasteiger partial charge is 0.200 e. The van der Waals surface area contributed by atoms with E-state index in [2.05, 4.69) is 29.8 Å². The summed E-state index contributed by atoms with van der Waals surface area (Å²) in [5.41, 5.74) is 3.01. The molecule has 2 aromatic carbocycles. The molecule has 0 amide bonds. The molecule has 0 aromatic heterocycles. The van der Waals surface area contributed by atoms with Crippen LogP contribution >= 0.6 is 15.9 Å². The number of carbonyl (C=O) groups is 1. The number of halogens is 1. The van der Waals surface area contributed by atoms with Gasteiger partial charge in [0.1, 0.15) is 5.75 Å². The first-order valence-corrected chi connectivity index (χ1v) is 7.79. The molecular formula is C18H19BrO2. The van der Waals surface area contributed by atoms with E-state index in [0.29, 0.717) is 17.2 Å². The zero-order valence-electron chi connectivity index (χ0n) is 12.5. The van der Waals surface area contributed by atoms with Crippen LogP contribution in [0.25, 0.3) is 0 Å². The predicted molar refractivity (Wildman–Crippen MR) is 89.2 cm³/mol. The van der Waals surface area contributed by atoms with E-state index in [1.165, 1.54) is 5.56 Å². The van der Waals surface area contributed by atoms with Crippen LogP contribution in [0.2, 0.25) is 0 Å².